The molecule has 1 aliphatic rings. The van der Waals surface area contributed by atoms with Gasteiger partial charge in [-0.25, -0.2) is 0 Å². The molecule has 2 atom stereocenters. The van der Waals surface area contributed by atoms with E-state index in [1.807, 2.05) is 63.4 Å². The number of nitrogens with zero attached hydrogens (tertiary/aromatic N) is 3. The number of thiocarbonyl (C=S) groups is 1. The Morgan fingerprint density at radius 3 is 2.46 bits per heavy atom. The van der Waals surface area contributed by atoms with Crippen molar-refractivity contribution in [3.8, 4) is 5.75 Å². The molecule has 0 aliphatic carbocycles. The van der Waals surface area contributed by atoms with E-state index in [9.17, 15) is 4.79 Å². The first-order valence-electron chi connectivity index (χ1n) is 12.6. The number of pyridine rings is 1. The molecule has 3 aromatic rings. The highest BCUT2D eigenvalue weighted by molar-refractivity contribution is 7.80. The maximum atomic E-state index is 12.6. The van der Waals surface area contributed by atoms with Gasteiger partial charge in [-0.2, -0.15) is 0 Å². The van der Waals surface area contributed by atoms with Crippen molar-refractivity contribution in [2.24, 2.45) is 5.41 Å². The number of anilines is 2. The van der Waals surface area contributed by atoms with Crippen LogP contribution in [0.3, 0.4) is 0 Å². The van der Waals surface area contributed by atoms with Gasteiger partial charge in [0.2, 0.25) is 5.91 Å². The largest absolute Gasteiger partial charge is 0.494 e. The van der Waals surface area contributed by atoms with Gasteiger partial charge in [0.15, 0.2) is 5.11 Å². The quantitative estimate of drug-likeness (QED) is 0.375. The highest BCUT2D eigenvalue weighted by Crippen LogP contribution is 2.45. The Morgan fingerprint density at radius 1 is 1.16 bits per heavy atom. The molecule has 2 N–H and O–H groups in total. The Morgan fingerprint density at radius 2 is 1.89 bits per heavy atom. The van der Waals surface area contributed by atoms with Crippen LogP contribution in [0.25, 0.3) is 0 Å². The standard InChI is InChI=1S/C29H37N5O2S/c1-17(2)33-18(3)15-21(19(33)4)26-25(23-11-9-10-14-30-23)32-28(37)34(26)20-12-13-22(24(16-20)36-8)31-27(35)29(5,6)7/h9-17,25-26H,1-8H3,(H,31,35)(H,32,37)/t25-,26+/m0/s1. The summed E-state index contributed by atoms with van der Waals surface area (Å²) in [4.78, 5) is 19.4. The lowest BCUT2D eigenvalue weighted by Crippen LogP contribution is -2.30. The lowest BCUT2D eigenvalue weighted by atomic mass is 9.95. The number of nitrogens with one attached hydrogen (secondary N) is 2. The van der Waals surface area contributed by atoms with Crippen LogP contribution in [-0.2, 0) is 4.79 Å². The Bertz CT molecular complexity index is 1310. The molecule has 0 bridgehead atoms. The van der Waals surface area contributed by atoms with Crippen LogP contribution >= 0.6 is 12.2 Å². The van der Waals surface area contributed by atoms with Gasteiger partial charge in [0.1, 0.15) is 5.75 Å². The zero-order chi connectivity index (χ0) is 27.1. The minimum absolute atomic E-state index is 0.0777. The summed E-state index contributed by atoms with van der Waals surface area (Å²) in [5, 5.41) is 7.14. The summed E-state index contributed by atoms with van der Waals surface area (Å²) >= 11 is 5.91. The van der Waals surface area contributed by atoms with E-state index in [0.29, 0.717) is 22.6 Å². The molecule has 1 saturated heterocycles. The van der Waals surface area contributed by atoms with Crippen molar-refractivity contribution < 1.29 is 9.53 Å². The van der Waals surface area contributed by atoms with Crippen LogP contribution in [0.5, 0.6) is 5.75 Å². The van der Waals surface area contributed by atoms with Crippen LogP contribution in [0.15, 0.2) is 48.7 Å². The maximum absolute atomic E-state index is 12.6. The number of amides is 1. The Kier molecular flexibility index (Phi) is 7.33. The van der Waals surface area contributed by atoms with E-state index in [1.165, 1.54) is 17.0 Å². The summed E-state index contributed by atoms with van der Waals surface area (Å²) in [5.74, 6) is 0.497. The van der Waals surface area contributed by atoms with Gasteiger partial charge in [-0.1, -0.05) is 26.8 Å². The predicted octanol–water partition coefficient (Wildman–Crippen LogP) is 6.25. The van der Waals surface area contributed by atoms with E-state index in [4.69, 9.17) is 17.0 Å². The molecule has 0 unspecified atom stereocenters. The number of carbonyl (C=O) groups is 1. The fraction of sp³-hybridized carbons (Fsp3) is 0.414. The summed E-state index contributed by atoms with van der Waals surface area (Å²) in [6.45, 7) is 14.4. The molecule has 1 amide bonds. The molecule has 0 saturated carbocycles. The summed E-state index contributed by atoms with van der Waals surface area (Å²) in [7, 11) is 1.61. The molecule has 1 fully saturated rings. The van der Waals surface area contributed by atoms with E-state index < -0.39 is 5.41 Å². The Balaban J connectivity index is 1.83. The molecular formula is C29H37N5O2S. The second kappa shape index (κ2) is 10.2. The van der Waals surface area contributed by atoms with Gasteiger partial charge < -0.3 is 24.8 Å². The van der Waals surface area contributed by atoms with Crippen LogP contribution < -0.4 is 20.3 Å². The third kappa shape index (κ3) is 5.07. The smallest absolute Gasteiger partial charge is 0.229 e. The van der Waals surface area contributed by atoms with Crippen LogP contribution in [0, 0.1) is 19.3 Å². The van der Waals surface area contributed by atoms with Crippen molar-refractivity contribution in [2.75, 3.05) is 17.3 Å². The highest BCUT2D eigenvalue weighted by Gasteiger charge is 2.42. The number of hydrogen-bond acceptors (Lipinski definition) is 4. The molecule has 7 nitrogen and oxygen atoms in total. The zero-order valence-corrected chi connectivity index (χ0v) is 23.7. The minimum Gasteiger partial charge on any atom is -0.494 e. The second-order valence-corrected chi connectivity index (χ2v) is 11.3. The van der Waals surface area contributed by atoms with Crippen molar-refractivity contribution in [1.82, 2.24) is 14.9 Å². The maximum Gasteiger partial charge on any atom is 0.229 e. The summed E-state index contributed by atoms with van der Waals surface area (Å²) in [6.07, 6.45) is 1.81. The van der Waals surface area contributed by atoms with Gasteiger partial charge in [0.05, 0.1) is 30.6 Å². The molecule has 2 aromatic heterocycles. The first kappa shape index (κ1) is 26.7. The third-order valence-electron chi connectivity index (χ3n) is 6.85. The average molecular weight is 520 g/mol. The molecule has 0 spiro atoms. The van der Waals surface area contributed by atoms with Crippen molar-refractivity contribution in [3.05, 3.63) is 71.3 Å². The van der Waals surface area contributed by atoms with E-state index >= 15 is 0 Å². The van der Waals surface area contributed by atoms with Crippen molar-refractivity contribution in [2.45, 2.75) is 66.6 Å². The van der Waals surface area contributed by atoms with Gasteiger partial charge in [0, 0.05) is 40.8 Å². The lowest BCUT2D eigenvalue weighted by molar-refractivity contribution is -0.123. The number of benzene rings is 1. The molecule has 1 aromatic carbocycles. The van der Waals surface area contributed by atoms with Gasteiger partial charge in [-0.3, -0.25) is 9.78 Å². The molecule has 3 heterocycles. The molecule has 1 aliphatic heterocycles. The van der Waals surface area contributed by atoms with E-state index in [1.54, 1.807) is 7.11 Å². The Hall–Kier alpha value is -3.39. The fourth-order valence-electron chi connectivity index (χ4n) is 5.09. The van der Waals surface area contributed by atoms with E-state index in [2.05, 4.69) is 58.8 Å². The molecule has 4 rings (SSSR count). The average Bonchev–Trinajstić information content (AvgIpc) is 3.34. The monoisotopic (exact) mass is 519 g/mol. The number of hydrogen-bond donors (Lipinski definition) is 2. The molecule has 0 radical (unpaired) electrons. The number of carbonyl (C=O) groups excluding carboxylic acids is 1. The van der Waals surface area contributed by atoms with E-state index in [-0.39, 0.29) is 18.0 Å². The van der Waals surface area contributed by atoms with E-state index in [0.717, 1.165) is 11.4 Å². The van der Waals surface area contributed by atoms with Crippen LogP contribution in [0.2, 0.25) is 0 Å². The van der Waals surface area contributed by atoms with Gasteiger partial charge in [-0.15, -0.1) is 0 Å². The van der Waals surface area contributed by atoms with Crippen LogP contribution in [0.1, 0.15) is 75.4 Å². The van der Waals surface area contributed by atoms with Crippen LogP contribution in [-0.4, -0.2) is 27.7 Å². The van der Waals surface area contributed by atoms with Crippen molar-refractivity contribution in [3.63, 3.8) is 0 Å². The number of rotatable bonds is 6. The lowest BCUT2D eigenvalue weighted by Gasteiger charge is -2.29. The third-order valence-corrected chi connectivity index (χ3v) is 7.16. The Labute approximate surface area is 225 Å². The fourth-order valence-corrected chi connectivity index (χ4v) is 5.43. The number of methoxy groups -OCH3 is 1. The van der Waals surface area contributed by atoms with Crippen molar-refractivity contribution in [1.29, 1.82) is 0 Å². The minimum atomic E-state index is -0.524. The zero-order valence-electron chi connectivity index (χ0n) is 22.9. The van der Waals surface area contributed by atoms with Gasteiger partial charge in [0.25, 0.3) is 0 Å². The summed E-state index contributed by atoms with van der Waals surface area (Å²) in [5.41, 5.74) is 5.50. The normalized spacial score (nSPS) is 17.8. The molecule has 37 heavy (non-hydrogen) atoms. The first-order chi connectivity index (χ1) is 17.4. The second-order valence-electron chi connectivity index (χ2n) is 10.9. The van der Waals surface area contributed by atoms with Crippen LogP contribution in [0.4, 0.5) is 11.4 Å². The first-order valence-corrected chi connectivity index (χ1v) is 13.0. The number of aromatic nitrogens is 2. The number of ether oxygens (including phenoxy) is 1. The molecular weight excluding hydrogens is 482 g/mol. The summed E-state index contributed by atoms with van der Waals surface area (Å²) in [6, 6.07) is 14.1. The summed E-state index contributed by atoms with van der Waals surface area (Å²) < 4.78 is 8.06. The predicted molar refractivity (Wildman–Crippen MR) is 153 cm³/mol. The van der Waals surface area contributed by atoms with Gasteiger partial charge >= 0.3 is 0 Å². The van der Waals surface area contributed by atoms with Gasteiger partial charge in [-0.05, 0) is 75.8 Å². The topological polar surface area (TPSA) is 71.4 Å². The SMILES string of the molecule is COc1cc(N2C(=S)N[C@@H](c3ccccn3)[C@H]2c2cc(C)n(C(C)C)c2C)ccc1NC(=O)C(C)(C)C. The van der Waals surface area contributed by atoms with Crippen molar-refractivity contribution >= 4 is 34.6 Å². The molecule has 196 valence electrons. The number of aryl methyl sites for hydroxylation is 1. The molecule has 8 heteroatoms. The highest BCUT2D eigenvalue weighted by atomic mass is 32.1.